The molecule has 134 valence electrons. The summed E-state index contributed by atoms with van der Waals surface area (Å²) in [4.78, 5) is 5.05. The molecule has 3 heterocycles. The third kappa shape index (κ3) is 3.29. The van der Waals surface area contributed by atoms with Gasteiger partial charge in [-0.2, -0.15) is 0 Å². The number of nitrogens with one attached hydrogen (secondary N) is 2. The molecular formula is C19H18FN3OS2. The Balaban J connectivity index is 1.62. The molecule has 0 aliphatic carbocycles. The highest BCUT2D eigenvalue weighted by atomic mass is 32.2. The van der Waals surface area contributed by atoms with Gasteiger partial charge in [-0.15, -0.1) is 23.1 Å². The predicted octanol–water partition coefficient (Wildman–Crippen LogP) is 5.34. The van der Waals surface area contributed by atoms with Gasteiger partial charge in [0.05, 0.1) is 17.0 Å². The van der Waals surface area contributed by atoms with Gasteiger partial charge in [-0.25, -0.2) is 9.37 Å². The first kappa shape index (κ1) is 17.3. The molecule has 0 spiro atoms. The first-order valence-electron chi connectivity index (χ1n) is 8.20. The highest BCUT2D eigenvalue weighted by Crippen LogP contribution is 2.38. The Morgan fingerprint density at radius 2 is 2.04 bits per heavy atom. The van der Waals surface area contributed by atoms with Crippen LogP contribution in [-0.2, 0) is 0 Å². The summed E-state index contributed by atoms with van der Waals surface area (Å²) in [5.74, 6) is 1.69. The first-order valence-corrected chi connectivity index (χ1v) is 10.1. The Kier molecular flexibility index (Phi) is 4.36. The van der Waals surface area contributed by atoms with E-state index in [1.807, 2.05) is 11.4 Å². The maximum absolute atomic E-state index is 14.1. The minimum atomic E-state index is -0.309. The second kappa shape index (κ2) is 6.55. The van der Waals surface area contributed by atoms with Crippen LogP contribution in [0.1, 0.15) is 24.8 Å². The third-order valence-electron chi connectivity index (χ3n) is 4.44. The Bertz CT molecular complexity index is 950. The topological polar surface area (TPSA) is 61.9 Å². The number of benzene rings is 1. The molecular weight excluding hydrogens is 369 g/mol. The molecule has 2 N–H and O–H groups in total. The summed E-state index contributed by atoms with van der Waals surface area (Å²) in [6.07, 6.45) is 2.92. The van der Waals surface area contributed by atoms with E-state index in [4.69, 9.17) is 9.83 Å². The van der Waals surface area contributed by atoms with Crippen LogP contribution in [0.2, 0.25) is 0 Å². The molecule has 1 aliphatic rings. The van der Waals surface area contributed by atoms with Crippen LogP contribution in [0, 0.1) is 11.2 Å². The quantitative estimate of drug-likeness (QED) is 0.636. The molecule has 7 heteroatoms. The van der Waals surface area contributed by atoms with E-state index in [-0.39, 0.29) is 16.6 Å². The number of rotatable bonds is 3. The lowest BCUT2D eigenvalue weighted by molar-refractivity contribution is 0.570. The summed E-state index contributed by atoms with van der Waals surface area (Å²) < 4.78 is 19.2. The summed E-state index contributed by atoms with van der Waals surface area (Å²) in [5, 5.41) is 13.5. The van der Waals surface area contributed by atoms with Crippen molar-refractivity contribution in [3.8, 4) is 22.5 Å². The van der Waals surface area contributed by atoms with Crippen LogP contribution in [-0.4, -0.2) is 21.3 Å². The molecule has 26 heavy (non-hydrogen) atoms. The number of thiophene rings is 1. The van der Waals surface area contributed by atoms with Gasteiger partial charge in [0, 0.05) is 16.2 Å². The summed E-state index contributed by atoms with van der Waals surface area (Å²) >= 11 is 3.41. The van der Waals surface area contributed by atoms with Crippen LogP contribution in [0.4, 0.5) is 4.39 Å². The van der Waals surface area contributed by atoms with Crippen LogP contribution >= 0.6 is 23.1 Å². The lowest BCUT2D eigenvalue weighted by Crippen LogP contribution is -2.46. The number of nitrogens with zero attached hydrogens (tertiary/aromatic N) is 1. The molecule has 4 rings (SSSR count). The van der Waals surface area contributed by atoms with E-state index in [0.717, 1.165) is 21.8 Å². The molecule has 0 amide bonds. The van der Waals surface area contributed by atoms with Gasteiger partial charge in [0.2, 0.25) is 0 Å². The average molecular weight is 388 g/mol. The third-order valence-corrected chi connectivity index (χ3v) is 6.91. The van der Waals surface area contributed by atoms with Crippen molar-refractivity contribution < 1.29 is 8.81 Å². The van der Waals surface area contributed by atoms with Gasteiger partial charge in [0.1, 0.15) is 11.7 Å². The monoisotopic (exact) mass is 387 g/mol. The normalized spacial score (nSPS) is 19.3. The molecule has 0 bridgehead atoms. The van der Waals surface area contributed by atoms with Crippen molar-refractivity contribution in [3.63, 3.8) is 0 Å². The number of aromatic nitrogens is 1. The van der Waals surface area contributed by atoms with Crippen LogP contribution in [0.3, 0.4) is 0 Å². The molecule has 3 aromatic rings. The van der Waals surface area contributed by atoms with Crippen molar-refractivity contribution in [3.05, 3.63) is 52.9 Å². The zero-order chi connectivity index (χ0) is 18.3. The van der Waals surface area contributed by atoms with Gasteiger partial charge in [0.15, 0.2) is 12.2 Å². The number of oxazole rings is 1. The lowest BCUT2D eigenvalue weighted by atomic mass is 10.0. The van der Waals surface area contributed by atoms with Gasteiger partial charge in [-0.1, -0.05) is 0 Å². The molecule has 0 saturated carbocycles. The van der Waals surface area contributed by atoms with Crippen LogP contribution in [0.25, 0.3) is 22.5 Å². The van der Waals surface area contributed by atoms with E-state index in [1.165, 1.54) is 18.5 Å². The van der Waals surface area contributed by atoms with Crippen LogP contribution in [0.5, 0.6) is 0 Å². The fourth-order valence-electron chi connectivity index (χ4n) is 2.85. The van der Waals surface area contributed by atoms with E-state index < -0.39 is 0 Å². The second-order valence-electron chi connectivity index (χ2n) is 6.73. The Morgan fingerprint density at radius 3 is 2.77 bits per heavy atom. The van der Waals surface area contributed by atoms with E-state index in [1.54, 1.807) is 29.3 Å². The van der Waals surface area contributed by atoms with Crippen molar-refractivity contribution in [2.75, 3.05) is 5.75 Å². The van der Waals surface area contributed by atoms with Crippen LogP contribution in [0.15, 0.2) is 46.7 Å². The number of amidine groups is 1. The average Bonchev–Trinajstić information content (AvgIpc) is 3.28. The van der Waals surface area contributed by atoms with Crippen LogP contribution < -0.4 is 5.32 Å². The number of hydrogen-bond donors (Lipinski definition) is 2. The molecule has 1 aliphatic heterocycles. The van der Waals surface area contributed by atoms with Crippen molar-refractivity contribution in [1.29, 1.82) is 5.41 Å². The van der Waals surface area contributed by atoms with Crippen molar-refractivity contribution >= 4 is 28.9 Å². The lowest BCUT2D eigenvalue weighted by Gasteiger charge is -2.35. The highest BCUT2D eigenvalue weighted by molar-refractivity contribution is 8.01. The summed E-state index contributed by atoms with van der Waals surface area (Å²) in [6, 6.07) is 7.07. The molecule has 1 fully saturated rings. The fraction of sp³-hybridized carbons (Fsp3) is 0.263. The SMILES string of the molecule is CC1(C)SCC(c2cc(-c3cc(F)cc(-c4cnco4)c3)cs2)NC1=N. The molecule has 1 unspecified atom stereocenters. The molecule has 2 aromatic heterocycles. The molecule has 1 atom stereocenters. The van der Waals surface area contributed by atoms with E-state index in [9.17, 15) is 4.39 Å². The first-order chi connectivity index (χ1) is 12.4. The van der Waals surface area contributed by atoms with Gasteiger partial charge in [-0.05, 0) is 54.6 Å². The zero-order valence-corrected chi connectivity index (χ0v) is 16.0. The predicted molar refractivity (Wildman–Crippen MR) is 105 cm³/mol. The summed E-state index contributed by atoms with van der Waals surface area (Å²) in [6.45, 7) is 4.11. The van der Waals surface area contributed by atoms with Gasteiger partial charge >= 0.3 is 0 Å². The molecule has 1 saturated heterocycles. The Hall–Kier alpha value is -2.12. The Labute approximate surface area is 159 Å². The van der Waals surface area contributed by atoms with E-state index in [0.29, 0.717) is 17.2 Å². The second-order valence-corrected chi connectivity index (χ2v) is 9.31. The van der Waals surface area contributed by atoms with E-state index in [2.05, 4.69) is 30.2 Å². The fourth-order valence-corrected chi connectivity index (χ4v) is 4.97. The van der Waals surface area contributed by atoms with Crippen molar-refractivity contribution in [2.45, 2.75) is 24.6 Å². The molecule has 4 nitrogen and oxygen atoms in total. The van der Waals surface area contributed by atoms with E-state index >= 15 is 0 Å². The van der Waals surface area contributed by atoms with Gasteiger partial charge in [0.25, 0.3) is 0 Å². The standard InChI is InChI=1S/C19H18FN3OS2/c1-19(2)18(21)23-15(9-26-19)17-6-13(8-25-17)11-3-12(5-14(20)4-11)16-7-22-10-24-16/h3-8,10,15H,9H2,1-2H3,(H2,21,23). The van der Waals surface area contributed by atoms with Gasteiger partial charge in [-0.3, -0.25) is 5.41 Å². The molecule has 0 radical (unpaired) electrons. The number of thioether (sulfide) groups is 1. The Morgan fingerprint density at radius 1 is 1.23 bits per heavy atom. The largest absolute Gasteiger partial charge is 0.444 e. The zero-order valence-electron chi connectivity index (χ0n) is 14.4. The number of hydrogen-bond acceptors (Lipinski definition) is 5. The maximum atomic E-state index is 14.1. The summed E-state index contributed by atoms with van der Waals surface area (Å²) in [7, 11) is 0. The minimum Gasteiger partial charge on any atom is -0.444 e. The number of halogens is 1. The smallest absolute Gasteiger partial charge is 0.181 e. The summed E-state index contributed by atoms with van der Waals surface area (Å²) in [5.41, 5.74) is 2.44. The maximum Gasteiger partial charge on any atom is 0.181 e. The minimum absolute atomic E-state index is 0.113. The molecule has 1 aromatic carbocycles. The highest BCUT2D eigenvalue weighted by Gasteiger charge is 2.33. The van der Waals surface area contributed by atoms with Crippen molar-refractivity contribution in [2.24, 2.45) is 0 Å². The van der Waals surface area contributed by atoms with Crippen molar-refractivity contribution in [1.82, 2.24) is 10.3 Å². The van der Waals surface area contributed by atoms with Gasteiger partial charge < -0.3 is 9.73 Å².